The van der Waals surface area contributed by atoms with E-state index in [1.165, 1.54) is 30.4 Å². The van der Waals surface area contributed by atoms with Crippen LogP contribution in [0.5, 0.6) is 5.75 Å². The van der Waals surface area contributed by atoms with Crippen LogP contribution in [0.4, 0.5) is 10.2 Å². The predicted octanol–water partition coefficient (Wildman–Crippen LogP) is 4.39. The number of pyridine rings is 1. The van der Waals surface area contributed by atoms with E-state index >= 15 is 0 Å². The van der Waals surface area contributed by atoms with Crippen molar-refractivity contribution in [1.29, 1.82) is 0 Å². The number of aryl methyl sites for hydroxylation is 1. The Hall–Kier alpha value is -2.18. The van der Waals surface area contributed by atoms with Gasteiger partial charge < -0.3 is 25.6 Å². The number of aromatic nitrogens is 3. The highest BCUT2D eigenvalue weighted by Gasteiger charge is 2.25. The Morgan fingerprint density at radius 3 is 2.54 bits per heavy atom. The third kappa shape index (κ3) is 7.65. The fraction of sp³-hybridized carbons (Fsp3) is 0.381. The van der Waals surface area contributed by atoms with Gasteiger partial charge in [0.2, 0.25) is 0 Å². The number of halogens is 2. The molecule has 0 saturated carbocycles. The lowest BCUT2D eigenvalue weighted by Crippen LogP contribution is -2.39. The molecular formula is C21H26ClFN5O5PS. The van der Waals surface area contributed by atoms with Crippen molar-refractivity contribution in [2.75, 3.05) is 11.9 Å². The standard InChI is InChI=1S/C21H26ClFN5O5PS/c1-10(2)25-19-6-13(5-11(3)26-19)20-27-28-21(35-20)14-7-16(23)18(8-15(14)22)32-9-17(24)12(4)33-34(29,30)31/h5-8,10,12,17H,9,24H2,1-4H3,(H,25,26)(H2,29,30,31)/t12-,17+/m1/s1. The van der Waals surface area contributed by atoms with Crippen molar-refractivity contribution in [2.24, 2.45) is 5.73 Å². The molecule has 0 fully saturated rings. The molecule has 2 heterocycles. The molecule has 0 aliphatic heterocycles. The van der Waals surface area contributed by atoms with Gasteiger partial charge in [0.05, 0.1) is 17.2 Å². The number of nitrogens with zero attached hydrogens (tertiary/aromatic N) is 3. The molecule has 35 heavy (non-hydrogen) atoms. The minimum atomic E-state index is -4.71. The van der Waals surface area contributed by atoms with Gasteiger partial charge in [-0.15, -0.1) is 10.2 Å². The molecule has 3 aromatic rings. The van der Waals surface area contributed by atoms with Gasteiger partial charge in [0, 0.05) is 28.9 Å². The van der Waals surface area contributed by atoms with Crippen LogP contribution in [0.1, 0.15) is 26.5 Å². The van der Waals surface area contributed by atoms with Crippen molar-refractivity contribution in [2.45, 2.75) is 45.9 Å². The van der Waals surface area contributed by atoms with E-state index in [0.717, 1.165) is 17.1 Å². The maximum absolute atomic E-state index is 14.8. The van der Waals surface area contributed by atoms with E-state index in [4.69, 9.17) is 31.9 Å². The molecule has 0 saturated heterocycles. The van der Waals surface area contributed by atoms with E-state index in [0.29, 0.717) is 15.6 Å². The Labute approximate surface area is 210 Å². The second-order valence-corrected chi connectivity index (χ2v) is 10.7. The molecule has 190 valence electrons. The Morgan fingerprint density at radius 2 is 1.89 bits per heavy atom. The summed E-state index contributed by atoms with van der Waals surface area (Å²) in [6.07, 6.45) is -1.03. The highest BCUT2D eigenvalue weighted by molar-refractivity contribution is 7.46. The van der Waals surface area contributed by atoms with Crippen LogP contribution in [0.3, 0.4) is 0 Å². The molecule has 0 amide bonds. The van der Waals surface area contributed by atoms with Gasteiger partial charge in [-0.05, 0) is 45.9 Å². The lowest BCUT2D eigenvalue weighted by Gasteiger charge is -2.21. The van der Waals surface area contributed by atoms with Gasteiger partial charge in [-0.1, -0.05) is 22.9 Å². The number of rotatable bonds is 10. The van der Waals surface area contributed by atoms with E-state index < -0.39 is 25.8 Å². The zero-order valence-corrected chi connectivity index (χ0v) is 21.9. The number of nitrogens with two attached hydrogens (primary N) is 1. The van der Waals surface area contributed by atoms with Crippen molar-refractivity contribution in [1.82, 2.24) is 15.2 Å². The quantitative estimate of drug-likeness (QED) is 0.270. The summed E-state index contributed by atoms with van der Waals surface area (Å²) < 4.78 is 35.6. The number of hydrogen-bond acceptors (Lipinski definition) is 9. The molecule has 2 atom stereocenters. The molecule has 0 spiro atoms. The number of nitrogens with one attached hydrogen (secondary N) is 1. The smallest absolute Gasteiger partial charge is 0.469 e. The van der Waals surface area contributed by atoms with Crippen molar-refractivity contribution in [3.63, 3.8) is 0 Å². The van der Waals surface area contributed by atoms with Gasteiger partial charge in [-0.25, -0.2) is 13.9 Å². The van der Waals surface area contributed by atoms with Crippen molar-refractivity contribution in [3.05, 3.63) is 40.8 Å². The van der Waals surface area contributed by atoms with Crippen LogP contribution in [0.25, 0.3) is 21.1 Å². The van der Waals surface area contributed by atoms with Crippen LogP contribution in [0.15, 0.2) is 24.3 Å². The molecule has 0 radical (unpaired) electrons. The first-order valence-electron chi connectivity index (χ1n) is 10.5. The summed E-state index contributed by atoms with van der Waals surface area (Å²) in [6.45, 7) is 7.03. The molecule has 0 aliphatic rings. The predicted molar refractivity (Wildman–Crippen MR) is 133 cm³/mol. The van der Waals surface area contributed by atoms with Crippen molar-refractivity contribution in [3.8, 4) is 26.9 Å². The van der Waals surface area contributed by atoms with Crippen molar-refractivity contribution < 1.29 is 28.0 Å². The third-order valence-corrected chi connectivity index (χ3v) is 6.58. The number of benzene rings is 1. The Kier molecular flexibility index (Phi) is 8.81. The van der Waals surface area contributed by atoms with Gasteiger partial charge in [0.1, 0.15) is 22.4 Å². The molecule has 10 nitrogen and oxygen atoms in total. The van der Waals surface area contributed by atoms with Crippen LogP contribution < -0.4 is 15.8 Å². The summed E-state index contributed by atoms with van der Waals surface area (Å²) in [7, 11) is -4.71. The molecular weight excluding hydrogens is 520 g/mol. The zero-order chi connectivity index (χ0) is 25.9. The lowest BCUT2D eigenvalue weighted by molar-refractivity contribution is 0.106. The Balaban J connectivity index is 1.77. The minimum absolute atomic E-state index is 0.170. The topological polar surface area (TPSA) is 153 Å². The summed E-state index contributed by atoms with van der Waals surface area (Å²) in [4.78, 5) is 22.2. The summed E-state index contributed by atoms with van der Waals surface area (Å²) >= 11 is 7.63. The molecule has 1 aromatic carbocycles. The largest absolute Gasteiger partial charge is 0.489 e. The highest BCUT2D eigenvalue weighted by Crippen LogP contribution is 2.39. The highest BCUT2D eigenvalue weighted by atomic mass is 35.5. The molecule has 0 unspecified atom stereocenters. The summed E-state index contributed by atoms with van der Waals surface area (Å²) in [5.74, 6) is -0.160. The second-order valence-electron chi connectivity index (χ2n) is 8.13. The molecule has 0 bridgehead atoms. The van der Waals surface area contributed by atoms with Crippen LogP contribution >= 0.6 is 30.8 Å². The lowest BCUT2D eigenvalue weighted by atomic mass is 10.2. The first-order chi connectivity index (χ1) is 16.3. The van der Waals surface area contributed by atoms with Gasteiger partial charge in [-0.3, -0.25) is 4.52 Å². The Morgan fingerprint density at radius 1 is 1.20 bits per heavy atom. The van der Waals surface area contributed by atoms with Gasteiger partial charge in [-0.2, -0.15) is 0 Å². The van der Waals surface area contributed by atoms with E-state index in [9.17, 15) is 8.96 Å². The van der Waals surface area contributed by atoms with Crippen LogP contribution in [0.2, 0.25) is 5.02 Å². The maximum atomic E-state index is 14.8. The summed E-state index contributed by atoms with van der Waals surface area (Å²) in [5, 5.41) is 12.9. The van der Waals surface area contributed by atoms with E-state index in [1.807, 2.05) is 32.9 Å². The normalized spacial score (nSPS) is 13.7. The monoisotopic (exact) mass is 545 g/mol. The second kappa shape index (κ2) is 11.3. The van der Waals surface area contributed by atoms with Crippen LogP contribution in [0, 0.1) is 12.7 Å². The fourth-order valence-corrected chi connectivity index (χ4v) is 4.78. The molecule has 14 heteroatoms. The van der Waals surface area contributed by atoms with Gasteiger partial charge in [0.15, 0.2) is 11.6 Å². The maximum Gasteiger partial charge on any atom is 0.469 e. The summed E-state index contributed by atoms with van der Waals surface area (Å²) in [5.41, 5.74) is 7.79. The Bertz CT molecular complexity index is 1240. The average Bonchev–Trinajstić information content (AvgIpc) is 3.21. The average molecular weight is 546 g/mol. The minimum Gasteiger partial charge on any atom is -0.489 e. The van der Waals surface area contributed by atoms with E-state index in [2.05, 4.69) is 25.0 Å². The molecule has 3 rings (SSSR count). The number of hydrogen-bond donors (Lipinski definition) is 4. The number of phosphoric ester groups is 1. The van der Waals surface area contributed by atoms with Crippen LogP contribution in [-0.4, -0.2) is 49.8 Å². The SMILES string of the molecule is Cc1cc(-c2nnc(-c3cc(F)c(OC[C@H](N)[C@@H](C)OP(=O)(O)O)cc3Cl)s2)cc(NC(C)C)n1. The number of ether oxygens (including phenoxy) is 1. The zero-order valence-electron chi connectivity index (χ0n) is 19.4. The first-order valence-corrected chi connectivity index (χ1v) is 13.3. The van der Waals surface area contributed by atoms with Crippen LogP contribution in [-0.2, 0) is 9.09 Å². The molecule has 2 aromatic heterocycles. The fourth-order valence-electron chi connectivity index (χ4n) is 3.03. The number of phosphoric acid groups is 1. The van der Waals surface area contributed by atoms with Gasteiger partial charge in [0.25, 0.3) is 0 Å². The molecule has 0 aliphatic carbocycles. The van der Waals surface area contributed by atoms with Crippen molar-refractivity contribution >= 4 is 36.6 Å². The first kappa shape index (κ1) is 27.4. The summed E-state index contributed by atoms with van der Waals surface area (Å²) in [6, 6.07) is 5.51. The van der Waals surface area contributed by atoms with Gasteiger partial charge >= 0.3 is 7.82 Å². The van der Waals surface area contributed by atoms with E-state index in [1.54, 1.807) is 0 Å². The van der Waals surface area contributed by atoms with E-state index in [-0.39, 0.29) is 23.4 Å². The third-order valence-electron chi connectivity index (χ3n) is 4.65. The number of anilines is 1. The molecule has 5 N–H and O–H groups in total.